The Kier molecular flexibility index (Phi) is 6.45. The molecule has 5 atom stereocenters. The van der Waals surface area contributed by atoms with Crippen molar-refractivity contribution >= 4 is 17.2 Å². The topological polar surface area (TPSA) is 104 Å². The van der Waals surface area contributed by atoms with Crippen LogP contribution in [0.1, 0.15) is 31.4 Å². The van der Waals surface area contributed by atoms with Gasteiger partial charge in [-0.05, 0) is 67.9 Å². The quantitative estimate of drug-likeness (QED) is 0.475. The molecule has 4 fully saturated rings. The predicted octanol–water partition coefficient (Wildman–Crippen LogP) is 3.14. The van der Waals surface area contributed by atoms with Crippen LogP contribution in [0.2, 0.25) is 0 Å². The van der Waals surface area contributed by atoms with Crippen LogP contribution < -0.4 is 15.5 Å². The Bertz CT molecular complexity index is 1460. The van der Waals surface area contributed by atoms with Crippen molar-refractivity contribution in [3.05, 3.63) is 54.4 Å². The zero-order valence-electron chi connectivity index (χ0n) is 22.8. The largest absolute Gasteiger partial charge is 0.507 e. The van der Waals surface area contributed by atoms with Crippen LogP contribution in [0.3, 0.4) is 0 Å². The predicted molar refractivity (Wildman–Crippen MR) is 155 cm³/mol. The van der Waals surface area contributed by atoms with Crippen molar-refractivity contribution < 1.29 is 9.84 Å². The number of nitrogens with two attached hydrogens (primary N) is 1. The zero-order chi connectivity index (χ0) is 27.2. The first-order valence-electron chi connectivity index (χ1n) is 14.3. The van der Waals surface area contributed by atoms with Crippen molar-refractivity contribution in [3.63, 3.8) is 0 Å². The van der Waals surface area contributed by atoms with Crippen molar-refractivity contribution in [2.75, 3.05) is 48.8 Å². The fourth-order valence-corrected chi connectivity index (χ4v) is 7.45. The van der Waals surface area contributed by atoms with E-state index in [1.807, 2.05) is 31.5 Å². The van der Waals surface area contributed by atoms with Crippen LogP contribution in [0.15, 0.2) is 48.7 Å². The number of para-hydroxylation sites is 1. The molecule has 0 amide bonds. The average Bonchev–Trinajstić information content (AvgIpc) is 3.61. The Morgan fingerprint density at radius 2 is 1.85 bits per heavy atom. The molecule has 5 heterocycles. The summed E-state index contributed by atoms with van der Waals surface area (Å²) in [7, 11) is 1.84. The second-order valence-corrected chi connectivity index (χ2v) is 11.5. The number of fused-ring (bicyclic) bond motifs is 4. The third-order valence-electron chi connectivity index (χ3n) is 9.23. The summed E-state index contributed by atoms with van der Waals surface area (Å²) in [6, 6.07) is 14.6. The van der Waals surface area contributed by atoms with Crippen LogP contribution in [0.4, 0.5) is 17.2 Å². The zero-order valence-corrected chi connectivity index (χ0v) is 22.8. The maximum atomic E-state index is 10.3. The molecule has 7 rings (SSSR count). The van der Waals surface area contributed by atoms with Gasteiger partial charge >= 0.3 is 0 Å². The third kappa shape index (κ3) is 4.41. The molecule has 40 heavy (non-hydrogen) atoms. The minimum atomic E-state index is 0.181. The van der Waals surface area contributed by atoms with Gasteiger partial charge in [0.2, 0.25) is 0 Å². The summed E-state index contributed by atoms with van der Waals surface area (Å²) in [6.45, 7) is 3.54. The fourth-order valence-electron chi connectivity index (χ4n) is 7.45. The number of phenols is 1. The lowest BCUT2D eigenvalue weighted by Crippen LogP contribution is -2.54. The summed E-state index contributed by atoms with van der Waals surface area (Å²) in [4.78, 5) is 11.9. The summed E-state index contributed by atoms with van der Waals surface area (Å²) in [5.74, 6) is 7.96. The number of hydrogen-bond donors (Lipinski definition) is 2. The van der Waals surface area contributed by atoms with E-state index >= 15 is 0 Å². The van der Waals surface area contributed by atoms with Crippen molar-refractivity contribution in [1.82, 2.24) is 20.1 Å². The molecule has 206 valence electrons. The van der Waals surface area contributed by atoms with Gasteiger partial charge in [-0.15, -0.1) is 10.2 Å². The Labute approximate surface area is 235 Å². The molecule has 0 radical (unpaired) electrons. The van der Waals surface area contributed by atoms with Crippen molar-refractivity contribution in [3.8, 4) is 28.8 Å². The van der Waals surface area contributed by atoms with Crippen LogP contribution >= 0.6 is 0 Å². The number of anilines is 3. The van der Waals surface area contributed by atoms with E-state index in [1.165, 1.54) is 18.5 Å². The molecule has 4 aliphatic rings. The molecule has 1 aliphatic carbocycles. The molecule has 3 aliphatic heterocycles. The average molecular weight is 538 g/mol. The lowest BCUT2D eigenvalue weighted by molar-refractivity contribution is 0.0717. The highest BCUT2D eigenvalue weighted by atomic mass is 16.5. The standard InChI is InChI=1S/C31H35N7O2/c1-40-30-20-8-11-27(30)36(17-20)14-4-5-21-15-22(12-13-33-21)38-23-9-10-24(38)19-37(18-23)28-16-26(34-35-31(28)32)25-6-2-3-7-29(25)39/h2-3,6-7,12-13,15-16,20,23-24,27,30,39H,8-11,14,17-19H2,1H3,(H2,32,35). The number of phenolic OH excluding ortho intramolecular Hbond substituents is 1. The number of nitrogen functional groups attached to an aromatic ring is 1. The lowest BCUT2D eigenvalue weighted by atomic mass is 10.1. The van der Waals surface area contributed by atoms with E-state index in [4.69, 9.17) is 10.5 Å². The van der Waals surface area contributed by atoms with Gasteiger partial charge in [0.1, 0.15) is 11.4 Å². The SMILES string of the molecule is COC1C2CCC1N(CC#Cc1cc(N3C4CCC3CN(c3cc(-c5ccccc5O)nnc3N)C4)ccn1)C2. The Hall–Kier alpha value is -3.87. The fraction of sp³-hybridized carbons (Fsp3) is 0.452. The van der Waals surface area contributed by atoms with E-state index in [0.717, 1.165) is 50.4 Å². The number of pyridine rings is 1. The lowest BCUT2D eigenvalue weighted by Gasteiger charge is -2.43. The number of benzene rings is 1. The maximum absolute atomic E-state index is 10.3. The van der Waals surface area contributed by atoms with Crippen molar-refractivity contribution in [1.29, 1.82) is 0 Å². The van der Waals surface area contributed by atoms with E-state index in [0.29, 0.717) is 47.2 Å². The van der Waals surface area contributed by atoms with Crippen LogP contribution in [0.5, 0.6) is 5.75 Å². The van der Waals surface area contributed by atoms with Gasteiger partial charge in [0, 0.05) is 62.3 Å². The molecule has 4 bridgehead atoms. The molecule has 9 nitrogen and oxygen atoms in total. The van der Waals surface area contributed by atoms with E-state index in [9.17, 15) is 5.11 Å². The number of nitrogens with zero attached hydrogens (tertiary/aromatic N) is 6. The van der Waals surface area contributed by atoms with Gasteiger partial charge in [0.05, 0.1) is 24.0 Å². The first-order chi connectivity index (χ1) is 19.6. The first-order valence-corrected chi connectivity index (χ1v) is 14.3. The smallest absolute Gasteiger partial charge is 0.169 e. The molecule has 3 aromatic rings. The number of aromatic hydroxyl groups is 1. The van der Waals surface area contributed by atoms with E-state index < -0.39 is 0 Å². The number of rotatable bonds is 5. The molecule has 3 N–H and O–H groups in total. The number of ether oxygens (including phenoxy) is 1. The molecular weight excluding hydrogens is 502 g/mol. The number of piperidine rings is 1. The van der Waals surface area contributed by atoms with Crippen LogP contribution in [0.25, 0.3) is 11.3 Å². The molecule has 1 saturated carbocycles. The number of hydrogen-bond acceptors (Lipinski definition) is 9. The van der Waals surface area contributed by atoms with E-state index in [-0.39, 0.29) is 5.75 Å². The van der Waals surface area contributed by atoms with Crippen LogP contribution in [0, 0.1) is 17.8 Å². The summed E-state index contributed by atoms with van der Waals surface area (Å²) < 4.78 is 5.74. The van der Waals surface area contributed by atoms with Crippen molar-refractivity contribution in [2.45, 2.75) is 49.9 Å². The number of methoxy groups -OCH3 is 1. The normalized spacial score (nSPS) is 27.2. The number of aromatic nitrogens is 3. The number of likely N-dealkylation sites (tertiary alicyclic amines) is 1. The summed E-state index contributed by atoms with van der Waals surface area (Å²) in [5, 5.41) is 18.8. The summed E-state index contributed by atoms with van der Waals surface area (Å²) >= 11 is 0. The van der Waals surface area contributed by atoms with Crippen LogP contribution in [-0.4, -0.2) is 82.7 Å². The third-order valence-corrected chi connectivity index (χ3v) is 9.23. The molecule has 3 saturated heterocycles. The molecule has 1 aromatic carbocycles. The van der Waals surface area contributed by atoms with Gasteiger partial charge in [0.25, 0.3) is 0 Å². The van der Waals surface area contributed by atoms with Crippen LogP contribution in [-0.2, 0) is 4.74 Å². The van der Waals surface area contributed by atoms with Gasteiger partial charge < -0.3 is 25.4 Å². The van der Waals surface area contributed by atoms with E-state index in [2.05, 4.69) is 53.9 Å². The minimum absolute atomic E-state index is 0.181. The maximum Gasteiger partial charge on any atom is 0.169 e. The van der Waals surface area contributed by atoms with Gasteiger partial charge in [-0.2, -0.15) is 0 Å². The van der Waals surface area contributed by atoms with Crippen molar-refractivity contribution in [2.24, 2.45) is 5.92 Å². The molecule has 5 unspecified atom stereocenters. The Balaban J connectivity index is 1.06. The van der Waals surface area contributed by atoms with Gasteiger partial charge in [-0.25, -0.2) is 4.98 Å². The van der Waals surface area contributed by atoms with E-state index in [1.54, 1.807) is 12.1 Å². The molecule has 0 spiro atoms. The Morgan fingerprint density at radius 1 is 1.02 bits per heavy atom. The minimum Gasteiger partial charge on any atom is -0.507 e. The number of piperazine rings is 1. The monoisotopic (exact) mass is 537 g/mol. The first kappa shape index (κ1) is 25.1. The highest BCUT2D eigenvalue weighted by Gasteiger charge is 2.46. The highest BCUT2D eigenvalue weighted by molar-refractivity contribution is 5.74. The summed E-state index contributed by atoms with van der Waals surface area (Å²) in [6.07, 6.45) is 6.97. The molecular formula is C31H35N7O2. The second-order valence-electron chi connectivity index (χ2n) is 11.5. The van der Waals surface area contributed by atoms with Gasteiger partial charge in [-0.1, -0.05) is 18.1 Å². The molecule has 2 aromatic heterocycles. The Morgan fingerprint density at radius 3 is 2.62 bits per heavy atom. The van der Waals surface area contributed by atoms with Gasteiger partial charge in [0.15, 0.2) is 5.82 Å². The van der Waals surface area contributed by atoms with Gasteiger partial charge in [-0.3, -0.25) is 4.90 Å². The second kappa shape index (κ2) is 10.3. The molecule has 9 heteroatoms. The summed E-state index contributed by atoms with van der Waals surface area (Å²) in [5.41, 5.74) is 10.5. The highest BCUT2D eigenvalue weighted by Crippen LogP contribution is 2.40.